The molecular formula is C23H29N7O2. The van der Waals surface area contributed by atoms with Crippen molar-refractivity contribution in [2.45, 2.75) is 18.9 Å². The van der Waals surface area contributed by atoms with Crippen molar-refractivity contribution >= 4 is 23.2 Å². The van der Waals surface area contributed by atoms with Crippen LogP contribution < -0.4 is 10.5 Å². The quantitative estimate of drug-likeness (QED) is 0.523. The molecule has 1 amide bonds. The van der Waals surface area contributed by atoms with Crippen LogP contribution in [0.5, 0.6) is 5.75 Å². The number of likely N-dealkylation sites (N-methyl/N-ethyl adjacent to an activating group) is 1. The zero-order chi connectivity index (χ0) is 23.1. The van der Waals surface area contributed by atoms with E-state index in [9.17, 15) is 10.1 Å². The second-order valence-electron chi connectivity index (χ2n) is 7.88. The fourth-order valence-electron chi connectivity index (χ4n) is 3.58. The highest BCUT2D eigenvalue weighted by Gasteiger charge is 2.21. The molecule has 1 fully saturated rings. The van der Waals surface area contributed by atoms with Gasteiger partial charge in [0.05, 0.1) is 19.3 Å². The first-order chi connectivity index (χ1) is 15.5. The van der Waals surface area contributed by atoms with E-state index in [1.165, 1.54) is 12.4 Å². The number of pyridine rings is 1. The van der Waals surface area contributed by atoms with Crippen LogP contribution in [0.2, 0.25) is 0 Å². The lowest BCUT2D eigenvalue weighted by molar-refractivity contribution is -0.127. The molecule has 0 unspecified atom stereocenters. The minimum absolute atomic E-state index is 0.0492. The van der Waals surface area contributed by atoms with E-state index in [0.29, 0.717) is 29.9 Å². The predicted octanol–water partition coefficient (Wildman–Crippen LogP) is 1.69. The number of nitrogens with two attached hydrogens (primary N) is 1. The van der Waals surface area contributed by atoms with Gasteiger partial charge in [-0.1, -0.05) is 6.08 Å². The number of nitriles is 1. The maximum Gasteiger partial charge on any atom is 0.246 e. The molecule has 9 heteroatoms. The third-order valence-corrected chi connectivity index (χ3v) is 5.36. The molecule has 3 rings (SSSR count). The Hall–Kier alpha value is -3.64. The lowest BCUT2D eigenvalue weighted by Crippen LogP contribution is -2.38. The number of nitrogens with zero attached hydrogens (tertiary/aromatic N) is 6. The highest BCUT2D eigenvalue weighted by Crippen LogP contribution is 2.27. The van der Waals surface area contributed by atoms with Gasteiger partial charge in [-0.25, -0.2) is 4.52 Å². The average molecular weight is 436 g/mol. The Morgan fingerprint density at radius 1 is 1.44 bits per heavy atom. The molecule has 2 N–H and O–H groups in total. The molecular weight excluding hydrogens is 406 g/mol. The molecule has 2 aromatic rings. The molecule has 3 heterocycles. The van der Waals surface area contributed by atoms with Gasteiger partial charge in [-0.3, -0.25) is 9.79 Å². The summed E-state index contributed by atoms with van der Waals surface area (Å²) in [4.78, 5) is 20.9. The maximum absolute atomic E-state index is 12.3. The zero-order valence-corrected chi connectivity index (χ0v) is 18.7. The molecule has 0 aliphatic carbocycles. The van der Waals surface area contributed by atoms with E-state index < -0.39 is 0 Å². The number of amides is 1. The van der Waals surface area contributed by atoms with Gasteiger partial charge in [-0.2, -0.15) is 10.4 Å². The van der Waals surface area contributed by atoms with Crippen molar-refractivity contribution in [1.29, 1.82) is 5.26 Å². The summed E-state index contributed by atoms with van der Waals surface area (Å²) >= 11 is 0. The number of aliphatic imine (C=N–C) groups is 1. The molecule has 0 radical (unpaired) electrons. The van der Waals surface area contributed by atoms with E-state index in [0.717, 1.165) is 30.5 Å². The van der Waals surface area contributed by atoms with Crippen LogP contribution in [-0.2, 0) is 4.79 Å². The van der Waals surface area contributed by atoms with Gasteiger partial charge in [0.1, 0.15) is 22.9 Å². The standard InChI is InChI=1S/C23H29N7O2/c1-28(2)8-4-5-22(31)29-9-6-20(7-10-29)26-14-18(12-24)17-11-21(32-3)23-19(13-25)15-27-30(23)16-17/h4-5,11-12,14-16,20H,6-10,24H2,1-3H3/b5-4+,18-12+,26-14?. The van der Waals surface area contributed by atoms with Crippen LogP contribution in [0.1, 0.15) is 24.0 Å². The molecule has 0 aromatic carbocycles. The number of ether oxygens (including phenoxy) is 1. The van der Waals surface area contributed by atoms with Gasteiger partial charge in [0.15, 0.2) is 0 Å². The molecule has 0 atom stereocenters. The van der Waals surface area contributed by atoms with Crippen molar-refractivity contribution in [2.24, 2.45) is 10.7 Å². The van der Waals surface area contributed by atoms with Gasteiger partial charge in [-0.05, 0) is 33.0 Å². The van der Waals surface area contributed by atoms with Crippen LogP contribution >= 0.6 is 0 Å². The number of hydrogen-bond acceptors (Lipinski definition) is 7. The minimum atomic E-state index is 0.0492. The van der Waals surface area contributed by atoms with Crippen molar-refractivity contribution in [3.8, 4) is 11.8 Å². The van der Waals surface area contributed by atoms with Gasteiger partial charge >= 0.3 is 0 Å². The minimum Gasteiger partial charge on any atom is -0.494 e. The van der Waals surface area contributed by atoms with Gasteiger partial charge in [0.2, 0.25) is 5.91 Å². The number of carbonyl (C=O) groups excluding carboxylic acids is 1. The molecule has 0 spiro atoms. The van der Waals surface area contributed by atoms with E-state index in [2.05, 4.69) is 11.2 Å². The lowest BCUT2D eigenvalue weighted by Gasteiger charge is -2.29. The van der Waals surface area contributed by atoms with Crippen LogP contribution in [0.25, 0.3) is 11.1 Å². The van der Waals surface area contributed by atoms with E-state index in [4.69, 9.17) is 15.5 Å². The number of piperidine rings is 1. The maximum atomic E-state index is 12.3. The fraction of sp³-hybridized carbons (Fsp3) is 0.391. The van der Waals surface area contributed by atoms with Gasteiger partial charge in [0, 0.05) is 55.5 Å². The molecule has 32 heavy (non-hydrogen) atoms. The first-order valence-corrected chi connectivity index (χ1v) is 10.5. The highest BCUT2D eigenvalue weighted by molar-refractivity contribution is 6.09. The molecule has 1 aliphatic rings. The Balaban J connectivity index is 1.66. The Bertz CT molecular complexity index is 1080. The van der Waals surface area contributed by atoms with Crippen molar-refractivity contribution in [3.05, 3.63) is 47.9 Å². The van der Waals surface area contributed by atoms with E-state index >= 15 is 0 Å². The number of methoxy groups -OCH3 is 1. The first-order valence-electron chi connectivity index (χ1n) is 10.5. The van der Waals surface area contributed by atoms with Crippen LogP contribution in [0.15, 0.2) is 41.8 Å². The fourth-order valence-corrected chi connectivity index (χ4v) is 3.58. The number of rotatable bonds is 7. The summed E-state index contributed by atoms with van der Waals surface area (Å²) in [5.74, 6) is 0.589. The van der Waals surface area contributed by atoms with Crippen molar-refractivity contribution < 1.29 is 9.53 Å². The Labute approximate surface area is 188 Å². The number of likely N-dealkylation sites (tertiary alicyclic amines) is 1. The SMILES string of the molecule is COc1cc(/C(C=NC2CCN(C(=O)/C=C/CN(C)C)CC2)=C/N)cn2ncc(C#N)c12. The third-order valence-electron chi connectivity index (χ3n) is 5.36. The van der Waals surface area contributed by atoms with E-state index in [1.54, 1.807) is 30.1 Å². The number of allylic oxidation sites excluding steroid dienone is 1. The van der Waals surface area contributed by atoms with Gasteiger partial charge in [-0.15, -0.1) is 0 Å². The summed E-state index contributed by atoms with van der Waals surface area (Å²) in [5.41, 5.74) is 8.44. The number of hydrogen-bond donors (Lipinski definition) is 1. The van der Waals surface area contributed by atoms with Crippen molar-refractivity contribution in [1.82, 2.24) is 19.4 Å². The predicted molar refractivity (Wildman–Crippen MR) is 124 cm³/mol. The first kappa shape index (κ1) is 23.0. The zero-order valence-electron chi connectivity index (χ0n) is 18.7. The Morgan fingerprint density at radius 2 is 2.19 bits per heavy atom. The summed E-state index contributed by atoms with van der Waals surface area (Å²) < 4.78 is 7.07. The lowest BCUT2D eigenvalue weighted by atomic mass is 10.0. The monoisotopic (exact) mass is 435 g/mol. The van der Waals surface area contributed by atoms with Crippen LogP contribution in [0.3, 0.4) is 0 Å². The highest BCUT2D eigenvalue weighted by atomic mass is 16.5. The van der Waals surface area contributed by atoms with Crippen LogP contribution in [0.4, 0.5) is 0 Å². The van der Waals surface area contributed by atoms with Gasteiger partial charge < -0.3 is 20.3 Å². The summed E-state index contributed by atoms with van der Waals surface area (Å²) in [6.07, 6.45) is 11.7. The second-order valence-corrected chi connectivity index (χ2v) is 7.88. The number of fused-ring (bicyclic) bond motifs is 1. The Kier molecular flexibility index (Phi) is 7.63. The summed E-state index contributed by atoms with van der Waals surface area (Å²) in [6.45, 7) is 2.10. The average Bonchev–Trinajstić information content (AvgIpc) is 3.22. The molecule has 1 saturated heterocycles. The molecule has 0 saturated carbocycles. The summed E-state index contributed by atoms with van der Waals surface area (Å²) in [6, 6.07) is 4.07. The van der Waals surface area contributed by atoms with Crippen LogP contribution in [0, 0.1) is 11.3 Å². The van der Waals surface area contributed by atoms with Crippen molar-refractivity contribution in [3.63, 3.8) is 0 Å². The topological polar surface area (TPSA) is 112 Å². The normalized spacial score (nSPS) is 15.8. The molecule has 1 aliphatic heterocycles. The second kappa shape index (κ2) is 10.6. The number of aromatic nitrogens is 2. The molecule has 9 nitrogen and oxygen atoms in total. The van der Waals surface area contributed by atoms with Crippen molar-refractivity contribution in [2.75, 3.05) is 40.8 Å². The number of carbonyl (C=O) groups is 1. The Morgan fingerprint density at radius 3 is 2.81 bits per heavy atom. The third kappa shape index (κ3) is 5.34. The van der Waals surface area contributed by atoms with Crippen LogP contribution in [-0.4, -0.2) is 78.4 Å². The molecule has 0 bridgehead atoms. The molecule has 168 valence electrons. The molecule has 2 aromatic heterocycles. The van der Waals surface area contributed by atoms with Gasteiger partial charge in [0.25, 0.3) is 0 Å². The van der Waals surface area contributed by atoms with E-state index in [1.807, 2.05) is 36.0 Å². The summed E-state index contributed by atoms with van der Waals surface area (Å²) in [5, 5.41) is 13.5. The smallest absolute Gasteiger partial charge is 0.246 e. The summed E-state index contributed by atoms with van der Waals surface area (Å²) in [7, 11) is 5.49. The van der Waals surface area contributed by atoms with E-state index in [-0.39, 0.29) is 11.9 Å². The largest absolute Gasteiger partial charge is 0.494 e.